The lowest BCUT2D eigenvalue weighted by molar-refractivity contribution is -0.120. The molecular formula is C8H15N3O3. The fourth-order valence-corrected chi connectivity index (χ4v) is 1.47. The number of carbonyl (C=O) groups is 2. The fraction of sp³-hybridized carbons (Fsp3) is 0.750. The first-order valence-corrected chi connectivity index (χ1v) is 4.57. The third kappa shape index (κ3) is 3.71. The van der Waals surface area contributed by atoms with Crippen molar-refractivity contribution in [3.8, 4) is 0 Å². The van der Waals surface area contributed by atoms with Gasteiger partial charge in [0.05, 0.1) is 6.10 Å². The molecule has 0 aromatic carbocycles. The third-order valence-electron chi connectivity index (χ3n) is 2.17. The molecule has 0 saturated carbocycles. The van der Waals surface area contributed by atoms with E-state index in [0.717, 1.165) is 13.0 Å². The van der Waals surface area contributed by atoms with Crippen LogP contribution < -0.4 is 11.1 Å². The summed E-state index contributed by atoms with van der Waals surface area (Å²) in [4.78, 5) is 23.3. The van der Waals surface area contributed by atoms with Gasteiger partial charge in [-0.3, -0.25) is 10.1 Å². The molecule has 3 amide bonds. The van der Waals surface area contributed by atoms with Crippen LogP contribution in [0.2, 0.25) is 0 Å². The first-order chi connectivity index (χ1) is 6.58. The van der Waals surface area contributed by atoms with Crippen LogP contribution in [0.15, 0.2) is 0 Å². The molecule has 1 rings (SSSR count). The number of β-amino-alcohol motifs (C(OH)–C–C–N with tert-alkyl or cyclic N) is 1. The predicted molar refractivity (Wildman–Crippen MR) is 49.4 cm³/mol. The predicted octanol–water partition coefficient (Wildman–Crippen LogP) is -1.36. The van der Waals surface area contributed by atoms with Crippen LogP contribution >= 0.6 is 0 Å². The summed E-state index contributed by atoms with van der Waals surface area (Å²) in [5.74, 6) is -0.376. The van der Waals surface area contributed by atoms with Gasteiger partial charge < -0.3 is 15.7 Å². The molecule has 1 atom stereocenters. The second-order valence-corrected chi connectivity index (χ2v) is 3.41. The number of aliphatic hydroxyl groups excluding tert-OH is 1. The van der Waals surface area contributed by atoms with E-state index in [2.05, 4.69) is 0 Å². The molecule has 4 N–H and O–H groups in total. The molecule has 0 spiro atoms. The van der Waals surface area contributed by atoms with E-state index in [1.807, 2.05) is 10.2 Å². The Bertz CT molecular complexity index is 232. The van der Waals surface area contributed by atoms with Crippen LogP contribution in [0.1, 0.15) is 12.8 Å². The van der Waals surface area contributed by atoms with Gasteiger partial charge >= 0.3 is 6.03 Å². The maximum Gasteiger partial charge on any atom is 0.318 e. The zero-order chi connectivity index (χ0) is 10.6. The van der Waals surface area contributed by atoms with E-state index in [4.69, 9.17) is 5.73 Å². The number of imide groups is 1. The van der Waals surface area contributed by atoms with Crippen molar-refractivity contribution < 1.29 is 14.7 Å². The minimum atomic E-state index is -0.823. The Hall–Kier alpha value is -1.14. The van der Waals surface area contributed by atoms with Gasteiger partial charge in [-0.15, -0.1) is 0 Å². The molecule has 1 heterocycles. The van der Waals surface area contributed by atoms with Gasteiger partial charge in [-0.2, -0.15) is 0 Å². The monoisotopic (exact) mass is 201 g/mol. The molecule has 0 radical (unpaired) electrons. The van der Waals surface area contributed by atoms with Gasteiger partial charge in [0.2, 0.25) is 5.91 Å². The summed E-state index contributed by atoms with van der Waals surface area (Å²) in [7, 11) is 0. The van der Waals surface area contributed by atoms with Gasteiger partial charge in [0.1, 0.15) is 0 Å². The van der Waals surface area contributed by atoms with Crippen molar-refractivity contribution in [1.29, 1.82) is 0 Å². The Morgan fingerprint density at radius 3 is 2.79 bits per heavy atom. The average molecular weight is 201 g/mol. The molecule has 1 aliphatic rings. The van der Waals surface area contributed by atoms with Gasteiger partial charge in [-0.1, -0.05) is 0 Å². The Kier molecular flexibility index (Phi) is 3.84. The highest BCUT2D eigenvalue weighted by molar-refractivity contribution is 5.93. The van der Waals surface area contributed by atoms with Crippen LogP contribution in [0, 0.1) is 0 Å². The van der Waals surface area contributed by atoms with Crippen molar-refractivity contribution in [3.05, 3.63) is 0 Å². The summed E-state index contributed by atoms with van der Waals surface area (Å²) in [6.45, 7) is 1.95. The van der Waals surface area contributed by atoms with Crippen molar-refractivity contribution >= 4 is 11.9 Å². The number of nitrogens with zero attached hydrogens (tertiary/aromatic N) is 1. The van der Waals surface area contributed by atoms with Crippen molar-refractivity contribution in [2.45, 2.75) is 18.9 Å². The maximum absolute atomic E-state index is 11.0. The van der Waals surface area contributed by atoms with E-state index in [9.17, 15) is 14.7 Å². The van der Waals surface area contributed by atoms with Gasteiger partial charge in [0.15, 0.2) is 0 Å². The summed E-state index contributed by atoms with van der Waals surface area (Å²) < 4.78 is 0. The van der Waals surface area contributed by atoms with E-state index < -0.39 is 6.03 Å². The number of nitrogens with two attached hydrogens (primary N) is 1. The highest BCUT2D eigenvalue weighted by Crippen LogP contribution is 2.08. The van der Waals surface area contributed by atoms with Crippen LogP contribution in [-0.2, 0) is 4.79 Å². The molecular weight excluding hydrogens is 186 g/mol. The Balaban J connectivity index is 2.14. The number of nitrogens with one attached hydrogen (secondary N) is 1. The zero-order valence-corrected chi connectivity index (χ0v) is 7.90. The molecule has 0 unspecified atom stereocenters. The molecule has 80 valence electrons. The molecule has 1 saturated heterocycles. The van der Waals surface area contributed by atoms with Crippen molar-refractivity contribution in [1.82, 2.24) is 10.2 Å². The van der Waals surface area contributed by atoms with E-state index in [0.29, 0.717) is 13.1 Å². The number of aliphatic hydroxyl groups is 1. The lowest BCUT2D eigenvalue weighted by atomic mass is 10.3. The second-order valence-electron chi connectivity index (χ2n) is 3.41. The molecule has 6 heteroatoms. The van der Waals surface area contributed by atoms with Crippen molar-refractivity contribution in [3.63, 3.8) is 0 Å². The number of hydrogen-bond acceptors (Lipinski definition) is 4. The lowest BCUT2D eigenvalue weighted by Gasteiger charge is -2.13. The van der Waals surface area contributed by atoms with E-state index in [1.54, 1.807) is 0 Å². The minimum Gasteiger partial charge on any atom is -0.392 e. The van der Waals surface area contributed by atoms with Crippen molar-refractivity contribution in [2.75, 3.05) is 19.6 Å². The van der Waals surface area contributed by atoms with Crippen LogP contribution in [0.5, 0.6) is 0 Å². The average Bonchev–Trinajstić information content (AvgIpc) is 2.47. The third-order valence-corrected chi connectivity index (χ3v) is 2.17. The highest BCUT2D eigenvalue weighted by Gasteiger charge is 2.20. The smallest absolute Gasteiger partial charge is 0.318 e. The van der Waals surface area contributed by atoms with Crippen LogP contribution in [0.3, 0.4) is 0 Å². The van der Waals surface area contributed by atoms with E-state index >= 15 is 0 Å². The highest BCUT2D eigenvalue weighted by atomic mass is 16.3. The van der Waals surface area contributed by atoms with Crippen molar-refractivity contribution in [2.24, 2.45) is 5.73 Å². The largest absolute Gasteiger partial charge is 0.392 e. The molecule has 6 nitrogen and oxygen atoms in total. The lowest BCUT2D eigenvalue weighted by Crippen LogP contribution is -2.37. The van der Waals surface area contributed by atoms with Gasteiger partial charge in [-0.05, 0) is 6.42 Å². The number of hydrogen-bond donors (Lipinski definition) is 3. The number of amides is 3. The summed E-state index contributed by atoms with van der Waals surface area (Å²) >= 11 is 0. The van der Waals surface area contributed by atoms with Crippen LogP contribution in [0.25, 0.3) is 0 Å². The molecule has 0 aromatic heterocycles. The Morgan fingerprint density at radius 2 is 2.29 bits per heavy atom. The minimum absolute atomic E-state index is 0.232. The molecule has 0 aromatic rings. The van der Waals surface area contributed by atoms with Crippen LogP contribution in [-0.4, -0.2) is 47.7 Å². The van der Waals surface area contributed by atoms with E-state index in [-0.39, 0.29) is 18.4 Å². The number of primary amides is 1. The molecule has 1 fully saturated rings. The Morgan fingerprint density at radius 1 is 1.57 bits per heavy atom. The standard InChI is InChI=1S/C8H15N3O3/c9-8(14)10-7(13)2-4-11-3-1-6(12)5-11/h6,12H,1-5H2,(H3,9,10,13,14)/t6-/m0/s1. The first-order valence-electron chi connectivity index (χ1n) is 4.57. The van der Waals surface area contributed by atoms with Gasteiger partial charge in [0, 0.05) is 26.1 Å². The summed E-state index contributed by atoms with van der Waals surface area (Å²) in [6.07, 6.45) is 0.696. The summed E-state index contributed by atoms with van der Waals surface area (Å²) in [5, 5.41) is 11.2. The Labute approximate surface area is 82.1 Å². The quantitative estimate of drug-likeness (QED) is 0.525. The topological polar surface area (TPSA) is 95.7 Å². The summed E-state index contributed by atoms with van der Waals surface area (Å²) in [6, 6.07) is -0.823. The number of likely N-dealkylation sites (tertiary alicyclic amines) is 1. The normalized spacial score (nSPS) is 22.2. The van der Waals surface area contributed by atoms with Crippen LogP contribution in [0.4, 0.5) is 4.79 Å². The van der Waals surface area contributed by atoms with Gasteiger partial charge in [-0.25, -0.2) is 4.79 Å². The molecule has 0 bridgehead atoms. The number of carbonyl (C=O) groups excluding carboxylic acids is 2. The SMILES string of the molecule is NC(=O)NC(=O)CCN1CC[C@H](O)C1. The molecule has 0 aliphatic carbocycles. The summed E-state index contributed by atoms with van der Waals surface area (Å²) in [5.41, 5.74) is 4.77. The van der Waals surface area contributed by atoms with Gasteiger partial charge in [0.25, 0.3) is 0 Å². The second kappa shape index (κ2) is 4.92. The number of rotatable bonds is 3. The molecule has 1 aliphatic heterocycles. The fourth-order valence-electron chi connectivity index (χ4n) is 1.47. The first kappa shape index (κ1) is 10.9. The zero-order valence-electron chi connectivity index (χ0n) is 7.90. The maximum atomic E-state index is 11.0. The number of urea groups is 1. The molecule has 14 heavy (non-hydrogen) atoms. The van der Waals surface area contributed by atoms with E-state index in [1.165, 1.54) is 0 Å².